The Hall–Kier alpha value is -2.86. The van der Waals surface area contributed by atoms with Crippen molar-refractivity contribution in [3.05, 3.63) is 71.3 Å². The molecule has 3 nitrogen and oxygen atoms in total. The Labute approximate surface area is 174 Å². The molecule has 0 bridgehead atoms. The first-order chi connectivity index (χ1) is 14.2. The summed E-state index contributed by atoms with van der Waals surface area (Å²) in [5.41, 5.74) is 3.66. The van der Waals surface area contributed by atoms with E-state index in [4.69, 9.17) is 10.00 Å². The van der Waals surface area contributed by atoms with E-state index in [2.05, 4.69) is 13.0 Å². The Morgan fingerprint density at radius 1 is 1.07 bits per heavy atom. The topological polar surface area (TPSA) is 50.1 Å². The SMILES string of the molecule is CCCCCCC1CC=C(c2ccc(C(=O)Oc3ccc(C#N)cc3)cc2)CC1. The van der Waals surface area contributed by atoms with Crippen LogP contribution in [0.4, 0.5) is 0 Å². The lowest BCUT2D eigenvalue weighted by molar-refractivity contribution is 0.0735. The Morgan fingerprint density at radius 3 is 2.45 bits per heavy atom. The lowest BCUT2D eigenvalue weighted by Crippen LogP contribution is -2.09. The molecule has 0 N–H and O–H groups in total. The summed E-state index contributed by atoms with van der Waals surface area (Å²) in [6, 6.07) is 16.3. The van der Waals surface area contributed by atoms with E-state index in [9.17, 15) is 4.79 Å². The lowest BCUT2D eigenvalue weighted by atomic mass is 9.84. The first-order valence-electron chi connectivity index (χ1n) is 10.7. The van der Waals surface area contributed by atoms with E-state index in [0.717, 1.165) is 12.3 Å². The highest BCUT2D eigenvalue weighted by molar-refractivity contribution is 5.91. The number of unbranched alkanes of at least 4 members (excludes halogenated alkanes) is 3. The fourth-order valence-electron chi connectivity index (χ4n) is 3.86. The number of nitrogens with zero attached hydrogens (tertiary/aromatic N) is 1. The summed E-state index contributed by atoms with van der Waals surface area (Å²) in [5.74, 6) is 0.890. The monoisotopic (exact) mass is 387 g/mol. The summed E-state index contributed by atoms with van der Waals surface area (Å²) in [4.78, 5) is 12.3. The zero-order valence-electron chi connectivity index (χ0n) is 17.2. The van der Waals surface area contributed by atoms with Crippen LogP contribution in [0.5, 0.6) is 5.75 Å². The van der Waals surface area contributed by atoms with Crippen molar-refractivity contribution >= 4 is 11.5 Å². The van der Waals surface area contributed by atoms with Crippen LogP contribution < -0.4 is 4.74 Å². The third-order valence-corrected chi connectivity index (χ3v) is 5.67. The molecule has 0 saturated carbocycles. The van der Waals surface area contributed by atoms with Gasteiger partial charge in [0.1, 0.15) is 5.75 Å². The van der Waals surface area contributed by atoms with Gasteiger partial charge in [0.05, 0.1) is 17.2 Å². The third-order valence-electron chi connectivity index (χ3n) is 5.67. The zero-order chi connectivity index (χ0) is 20.5. The number of rotatable bonds is 8. The average molecular weight is 388 g/mol. The van der Waals surface area contributed by atoms with Crippen LogP contribution in [0.2, 0.25) is 0 Å². The fraction of sp³-hybridized carbons (Fsp3) is 0.385. The Bertz CT molecular complexity index is 872. The van der Waals surface area contributed by atoms with Crippen molar-refractivity contribution in [1.29, 1.82) is 5.26 Å². The predicted molar refractivity (Wildman–Crippen MR) is 117 cm³/mol. The van der Waals surface area contributed by atoms with E-state index < -0.39 is 0 Å². The third kappa shape index (κ3) is 6.06. The van der Waals surface area contributed by atoms with Crippen LogP contribution in [0.15, 0.2) is 54.6 Å². The molecular weight excluding hydrogens is 358 g/mol. The number of hydrogen-bond donors (Lipinski definition) is 0. The van der Waals surface area contributed by atoms with E-state index in [0.29, 0.717) is 16.9 Å². The van der Waals surface area contributed by atoms with Crippen LogP contribution >= 0.6 is 0 Å². The largest absolute Gasteiger partial charge is 0.423 e. The Kier molecular flexibility index (Phi) is 7.64. The van der Waals surface area contributed by atoms with Gasteiger partial charge in [-0.1, -0.05) is 57.2 Å². The first-order valence-corrected chi connectivity index (χ1v) is 10.7. The molecule has 29 heavy (non-hydrogen) atoms. The van der Waals surface area contributed by atoms with Crippen molar-refractivity contribution in [3.63, 3.8) is 0 Å². The van der Waals surface area contributed by atoms with E-state index in [1.54, 1.807) is 24.3 Å². The van der Waals surface area contributed by atoms with Crippen molar-refractivity contribution in [2.24, 2.45) is 5.92 Å². The average Bonchev–Trinajstić information content (AvgIpc) is 2.78. The first kappa shape index (κ1) is 20.9. The summed E-state index contributed by atoms with van der Waals surface area (Å²) < 4.78 is 5.39. The maximum Gasteiger partial charge on any atom is 0.343 e. The number of nitriles is 1. The molecule has 0 amide bonds. The normalized spacial score (nSPS) is 16.0. The molecule has 0 saturated heterocycles. The highest BCUT2D eigenvalue weighted by Gasteiger charge is 2.16. The van der Waals surface area contributed by atoms with Crippen LogP contribution in [0.3, 0.4) is 0 Å². The summed E-state index contributed by atoms with van der Waals surface area (Å²) in [6.45, 7) is 2.26. The van der Waals surface area contributed by atoms with Gasteiger partial charge in [0.25, 0.3) is 0 Å². The van der Waals surface area contributed by atoms with Gasteiger partial charge in [0.15, 0.2) is 0 Å². The van der Waals surface area contributed by atoms with Crippen LogP contribution in [-0.4, -0.2) is 5.97 Å². The Balaban J connectivity index is 1.53. The van der Waals surface area contributed by atoms with Crippen molar-refractivity contribution in [2.45, 2.75) is 58.3 Å². The van der Waals surface area contributed by atoms with Crippen molar-refractivity contribution in [2.75, 3.05) is 0 Å². The number of allylic oxidation sites excluding steroid dienone is 2. The lowest BCUT2D eigenvalue weighted by Gasteiger charge is -2.22. The van der Waals surface area contributed by atoms with E-state index in [1.165, 1.54) is 56.1 Å². The molecule has 150 valence electrons. The van der Waals surface area contributed by atoms with Crippen LogP contribution in [-0.2, 0) is 0 Å². The molecule has 2 aromatic rings. The van der Waals surface area contributed by atoms with Crippen LogP contribution in [0.1, 0.15) is 79.8 Å². The maximum absolute atomic E-state index is 12.3. The number of benzene rings is 2. The van der Waals surface area contributed by atoms with E-state index >= 15 is 0 Å². The molecule has 1 aliphatic rings. The molecule has 1 aliphatic carbocycles. The smallest absolute Gasteiger partial charge is 0.343 e. The number of carbonyl (C=O) groups excluding carboxylic acids is 1. The summed E-state index contributed by atoms with van der Waals surface area (Å²) in [7, 11) is 0. The van der Waals surface area contributed by atoms with Gasteiger partial charge in [-0.3, -0.25) is 0 Å². The van der Waals surface area contributed by atoms with Crippen molar-refractivity contribution < 1.29 is 9.53 Å². The highest BCUT2D eigenvalue weighted by atomic mass is 16.5. The molecule has 0 aromatic heterocycles. The van der Waals surface area contributed by atoms with Gasteiger partial charge in [-0.2, -0.15) is 5.26 Å². The van der Waals surface area contributed by atoms with Gasteiger partial charge in [-0.05, 0) is 72.7 Å². The second-order valence-corrected chi connectivity index (χ2v) is 7.82. The van der Waals surface area contributed by atoms with Gasteiger partial charge in [-0.25, -0.2) is 4.79 Å². The molecule has 2 aromatic carbocycles. The summed E-state index contributed by atoms with van der Waals surface area (Å²) >= 11 is 0. The number of carbonyl (C=O) groups is 1. The standard InChI is InChI=1S/C26H29NO2/c1-2-3-4-5-6-20-7-11-22(12-8-20)23-13-15-24(16-14-23)26(28)29-25-17-9-21(19-27)10-18-25/h9-11,13-18,20H,2-8,12H2,1H3. The van der Waals surface area contributed by atoms with Crippen molar-refractivity contribution in [1.82, 2.24) is 0 Å². The van der Waals surface area contributed by atoms with Crippen LogP contribution in [0.25, 0.3) is 5.57 Å². The van der Waals surface area contributed by atoms with Crippen molar-refractivity contribution in [3.8, 4) is 11.8 Å². The second-order valence-electron chi connectivity index (χ2n) is 7.82. The number of ether oxygens (including phenoxy) is 1. The van der Waals surface area contributed by atoms with Gasteiger partial charge in [0.2, 0.25) is 0 Å². The molecule has 0 heterocycles. The molecule has 0 radical (unpaired) electrons. The molecule has 0 spiro atoms. The Morgan fingerprint density at radius 2 is 1.83 bits per heavy atom. The van der Waals surface area contributed by atoms with E-state index in [1.807, 2.05) is 30.3 Å². The second kappa shape index (κ2) is 10.6. The summed E-state index contributed by atoms with van der Waals surface area (Å²) in [5, 5.41) is 8.83. The molecule has 0 aliphatic heterocycles. The number of esters is 1. The van der Waals surface area contributed by atoms with Gasteiger partial charge < -0.3 is 4.74 Å². The molecule has 0 fully saturated rings. The van der Waals surface area contributed by atoms with Gasteiger partial charge >= 0.3 is 5.97 Å². The molecular formula is C26H29NO2. The highest BCUT2D eigenvalue weighted by Crippen LogP contribution is 2.33. The zero-order valence-corrected chi connectivity index (χ0v) is 17.2. The quantitative estimate of drug-likeness (QED) is 0.280. The fourth-order valence-corrected chi connectivity index (χ4v) is 3.86. The predicted octanol–water partition coefficient (Wildman–Crippen LogP) is 6.93. The van der Waals surface area contributed by atoms with Gasteiger partial charge in [0, 0.05) is 0 Å². The summed E-state index contributed by atoms with van der Waals surface area (Å²) in [6.07, 6.45) is 12.7. The minimum absolute atomic E-state index is 0.383. The van der Waals surface area contributed by atoms with E-state index in [-0.39, 0.29) is 5.97 Å². The molecule has 1 atom stereocenters. The minimum atomic E-state index is -0.383. The molecule has 3 rings (SSSR count). The minimum Gasteiger partial charge on any atom is -0.423 e. The van der Waals surface area contributed by atoms with Gasteiger partial charge in [-0.15, -0.1) is 0 Å². The molecule has 3 heteroatoms. The maximum atomic E-state index is 12.3. The molecule has 1 unspecified atom stereocenters. The van der Waals surface area contributed by atoms with Crippen LogP contribution in [0, 0.1) is 17.2 Å². The number of hydrogen-bond acceptors (Lipinski definition) is 3.